The van der Waals surface area contributed by atoms with Crippen LogP contribution in [0.15, 0.2) is 131 Å². The Hall–Kier alpha value is -2.62. The van der Waals surface area contributed by atoms with Crippen molar-refractivity contribution >= 4 is 0 Å². The second-order valence-corrected chi connectivity index (χ2v) is 9.74. The standard InChI is InChI=1S/C22H26N2O2.2C5H5.2Fe/c1-13(2)19-11-25-21(23-19)17-9-5-7-15(17)16-8-6-10-18(16)22-24-20(12-26-22)14(3)4;2*1-2-4-5-3-1;;/h5-10,13-14,19-20H,11-12H2,1-4H3;2*1-5H;;/q-2;2*-1;2*+2/b21-17+,22-18+;;;;/t19-,20-;;;;/m1..../s1. The average Bonchev–Trinajstić information content (AvgIpc) is 3.72. The van der Waals surface area contributed by atoms with E-state index in [1.165, 1.54) is 0 Å². The van der Waals surface area contributed by atoms with E-state index in [9.17, 15) is 0 Å². The van der Waals surface area contributed by atoms with Crippen molar-refractivity contribution in [3.63, 3.8) is 0 Å². The minimum Gasteiger partial charge on any atom is -0.648 e. The number of hydrogen-bond donors (Lipinski definition) is 0. The molecule has 2 heterocycles. The van der Waals surface area contributed by atoms with Gasteiger partial charge in [-0.3, -0.25) is 0 Å². The Morgan fingerprint density at radius 2 is 1.03 bits per heavy atom. The first kappa shape index (κ1) is 31.6. The van der Waals surface area contributed by atoms with Crippen LogP contribution in [-0.2, 0) is 43.6 Å². The second kappa shape index (κ2) is 15.7. The summed E-state index contributed by atoms with van der Waals surface area (Å²) in [5.41, 5.74) is 4.37. The van der Waals surface area contributed by atoms with E-state index in [1.807, 2.05) is 60.7 Å². The van der Waals surface area contributed by atoms with Crippen LogP contribution in [-0.4, -0.2) is 25.3 Å². The Kier molecular flexibility index (Phi) is 13.1. The summed E-state index contributed by atoms with van der Waals surface area (Å²) >= 11 is 0. The van der Waals surface area contributed by atoms with Crippen molar-refractivity contribution in [2.45, 2.75) is 39.8 Å². The van der Waals surface area contributed by atoms with Gasteiger partial charge in [0.15, 0.2) is 0 Å². The van der Waals surface area contributed by atoms with Gasteiger partial charge in [0.1, 0.15) is 0 Å². The zero-order valence-electron chi connectivity index (χ0n) is 22.4. The molecule has 0 unspecified atom stereocenters. The number of allylic oxidation sites excluding steroid dienone is 10. The third-order valence-corrected chi connectivity index (χ3v) is 6.38. The molecule has 0 spiro atoms. The van der Waals surface area contributed by atoms with Crippen LogP contribution < -0.4 is 0 Å². The van der Waals surface area contributed by atoms with Crippen molar-refractivity contribution in [2.75, 3.05) is 13.2 Å². The average molecular weight is 592 g/mol. The van der Waals surface area contributed by atoms with Gasteiger partial charge in [-0.25, -0.2) is 24.3 Å². The fourth-order valence-corrected chi connectivity index (χ4v) is 4.08. The van der Waals surface area contributed by atoms with Gasteiger partial charge in [0.2, 0.25) is 0 Å². The smallest absolute Gasteiger partial charge is 0.648 e. The molecule has 0 aromatic heterocycles. The molecule has 0 amide bonds. The quantitative estimate of drug-likeness (QED) is 0.268. The maximum Gasteiger partial charge on any atom is 2.00 e. The van der Waals surface area contributed by atoms with E-state index >= 15 is 0 Å². The van der Waals surface area contributed by atoms with E-state index < -0.39 is 0 Å². The largest absolute Gasteiger partial charge is 2.00 e. The Labute approximate surface area is 249 Å². The van der Waals surface area contributed by atoms with Gasteiger partial charge in [-0.05, 0) is 11.1 Å². The zero-order valence-corrected chi connectivity index (χ0v) is 24.6. The molecule has 2 aromatic rings. The van der Waals surface area contributed by atoms with Crippen LogP contribution in [0.5, 0.6) is 0 Å². The van der Waals surface area contributed by atoms with Crippen molar-refractivity contribution < 1.29 is 43.6 Å². The normalized spacial score (nSPS) is 24.5. The van der Waals surface area contributed by atoms with Crippen molar-refractivity contribution in [1.29, 1.82) is 0 Å². The summed E-state index contributed by atoms with van der Waals surface area (Å²) in [5.74, 6) is 2.47. The summed E-state index contributed by atoms with van der Waals surface area (Å²) in [4.78, 5) is 0. The summed E-state index contributed by atoms with van der Waals surface area (Å²) in [7, 11) is 0. The van der Waals surface area contributed by atoms with Gasteiger partial charge in [0.25, 0.3) is 0 Å². The molecule has 2 aliphatic heterocycles. The molecular weight excluding hydrogens is 556 g/mol. The molecule has 202 valence electrons. The molecule has 0 bridgehead atoms. The molecular formula is C32H36Fe2N2O2. The van der Waals surface area contributed by atoms with Crippen molar-refractivity contribution in [2.24, 2.45) is 11.8 Å². The number of nitrogens with zero attached hydrogens (tertiary/aromatic N) is 2. The van der Waals surface area contributed by atoms with E-state index in [0.29, 0.717) is 25.0 Å². The molecule has 4 nitrogen and oxygen atoms in total. The van der Waals surface area contributed by atoms with E-state index in [2.05, 4.69) is 64.2 Å². The van der Waals surface area contributed by atoms with Crippen LogP contribution in [0, 0.1) is 11.8 Å². The molecule has 2 atom stereocenters. The monoisotopic (exact) mass is 592 g/mol. The molecule has 2 aliphatic carbocycles. The molecule has 2 saturated heterocycles. The van der Waals surface area contributed by atoms with Crippen LogP contribution in [0.4, 0.5) is 0 Å². The fourth-order valence-electron chi connectivity index (χ4n) is 4.08. The van der Waals surface area contributed by atoms with Gasteiger partial charge >= 0.3 is 34.1 Å². The summed E-state index contributed by atoms with van der Waals surface area (Å²) in [6.07, 6.45) is 12.5. The molecule has 0 saturated carbocycles. The van der Waals surface area contributed by atoms with Gasteiger partial charge in [-0.1, -0.05) is 88.1 Å². The van der Waals surface area contributed by atoms with Gasteiger partial charge in [0.05, 0.1) is 13.2 Å². The zero-order chi connectivity index (χ0) is 25.3. The van der Waals surface area contributed by atoms with Crippen LogP contribution >= 0.6 is 0 Å². The molecule has 0 radical (unpaired) electrons. The maximum absolute atomic E-state index is 5.91. The molecule has 2 fully saturated rings. The third kappa shape index (κ3) is 8.19. The van der Waals surface area contributed by atoms with E-state index in [0.717, 1.165) is 34.1 Å². The number of rotatable bonds is 3. The first-order valence-electron chi connectivity index (χ1n) is 12.8. The number of ether oxygens (including phenoxy) is 2. The van der Waals surface area contributed by atoms with Gasteiger partial charge in [0, 0.05) is 22.9 Å². The Balaban J connectivity index is 0.000000354. The summed E-state index contributed by atoms with van der Waals surface area (Å²) < 4.78 is 11.8. The third-order valence-electron chi connectivity index (χ3n) is 6.38. The SMILES string of the molecule is CC(C)[C@H]1CO/C(=C2\C=CC=C2C2=CC=C/C2=C2/[N-][C@@H](C(C)C)CO2)[N-]1.[Fe+2].[Fe+2].c1cc[cH-]c1.c1cc[cH-]c1. The topological polar surface area (TPSA) is 46.7 Å². The van der Waals surface area contributed by atoms with E-state index in [4.69, 9.17) is 20.1 Å². The summed E-state index contributed by atoms with van der Waals surface area (Å²) in [6.45, 7) is 10.1. The minimum atomic E-state index is 0. The van der Waals surface area contributed by atoms with Gasteiger partial charge < -0.3 is 20.1 Å². The summed E-state index contributed by atoms with van der Waals surface area (Å²) in [6, 6.07) is 20.5. The Morgan fingerprint density at radius 3 is 1.29 bits per heavy atom. The van der Waals surface area contributed by atoms with Crippen LogP contribution in [0.25, 0.3) is 10.6 Å². The molecule has 6 heteroatoms. The predicted octanol–water partition coefficient (Wildman–Crippen LogP) is 8.07. The molecule has 0 N–H and O–H groups in total. The maximum atomic E-state index is 5.91. The van der Waals surface area contributed by atoms with Gasteiger partial charge in [-0.2, -0.15) is 36.4 Å². The number of hydrogen-bond acceptors (Lipinski definition) is 2. The van der Waals surface area contributed by atoms with Crippen LogP contribution in [0.1, 0.15) is 27.7 Å². The fraction of sp³-hybridized carbons (Fsp3) is 0.312. The van der Waals surface area contributed by atoms with E-state index in [1.54, 1.807) is 0 Å². The summed E-state index contributed by atoms with van der Waals surface area (Å²) in [5, 5.41) is 9.59. The van der Waals surface area contributed by atoms with Crippen molar-refractivity contribution in [3.05, 3.63) is 142 Å². The molecule has 38 heavy (non-hydrogen) atoms. The predicted molar refractivity (Wildman–Crippen MR) is 148 cm³/mol. The van der Waals surface area contributed by atoms with Crippen LogP contribution in [0.3, 0.4) is 0 Å². The van der Waals surface area contributed by atoms with Crippen LogP contribution in [0.2, 0.25) is 0 Å². The molecule has 6 rings (SSSR count). The van der Waals surface area contributed by atoms with E-state index in [-0.39, 0.29) is 46.2 Å². The second-order valence-electron chi connectivity index (χ2n) is 9.74. The van der Waals surface area contributed by atoms with Crippen molar-refractivity contribution in [3.8, 4) is 0 Å². The first-order valence-corrected chi connectivity index (χ1v) is 12.8. The molecule has 4 aliphatic rings. The van der Waals surface area contributed by atoms with Gasteiger partial charge in [-0.15, -0.1) is 0 Å². The Morgan fingerprint density at radius 1 is 0.658 bits per heavy atom. The minimum absolute atomic E-state index is 0. The molecule has 2 aromatic carbocycles. The Bertz CT molecular complexity index is 1020. The van der Waals surface area contributed by atoms with Crippen molar-refractivity contribution in [1.82, 2.24) is 0 Å². The first-order chi connectivity index (χ1) is 17.5.